The number of hydrogen-bond donors (Lipinski definition) is 2. The van der Waals surface area contributed by atoms with E-state index in [1.807, 2.05) is 4.90 Å². The summed E-state index contributed by atoms with van der Waals surface area (Å²) in [7, 11) is 0. The Labute approximate surface area is 263 Å². The molecule has 4 aliphatic heterocycles. The minimum atomic E-state index is -1.15. The summed E-state index contributed by atoms with van der Waals surface area (Å²) >= 11 is 0. The van der Waals surface area contributed by atoms with Crippen LogP contribution in [0.25, 0.3) is 32.9 Å². The van der Waals surface area contributed by atoms with E-state index in [0.717, 1.165) is 19.4 Å². The van der Waals surface area contributed by atoms with E-state index in [1.54, 1.807) is 0 Å². The zero-order valence-electron chi connectivity index (χ0n) is 25.0. The van der Waals surface area contributed by atoms with E-state index >= 15 is 4.39 Å². The molecule has 0 amide bonds. The summed E-state index contributed by atoms with van der Waals surface area (Å²) in [6.45, 7) is 2.66. The van der Waals surface area contributed by atoms with Gasteiger partial charge in [-0.3, -0.25) is 4.90 Å². The van der Waals surface area contributed by atoms with Crippen molar-refractivity contribution in [2.24, 2.45) is 0 Å². The molecule has 2 N–H and O–H groups in total. The summed E-state index contributed by atoms with van der Waals surface area (Å²) in [6, 6.07) is 4.95. The predicted octanol–water partition coefficient (Wildman–Crippen LogP) is 4.80. The number of aliphatic hydroxyl groups is 1. The van der Waals surface area contributed by atoms with Crippen LogP contribution in [0.15, 0.2) is 24.3 Å². The van der Waals surface area contributed by atoms with Crippen molar-refractivity contribution < 1.29 is 32.9 Å². The Morgan fingerprint density at radius 2 is 2.00 bits per heavy atom. The third-order valence-electron chi connectivity index (χ3n) is 9.98. The lowest BCUT2D eigenvalue weighted by molar-refractivity contribution is 0.103. The molecule has 0 spiro atoms. The summed E-state index contributed by atoms with van der Waals surface area (Å²) in [5.74, 6) is 0.966. The molecule has 6 heterocycles. The van der Waals surface area contributed by atoms with Gasteiger partial charge in [0.15, 0.2) is 5.82 Å². The van der Waals surface area contributed by atoms with Crippen molar-refractivity contribution in [2.45, 2.75) is 56.0 Å². The number of aromatic nitrogens is 3. The summed E-state index contributed by atoms with van der Waals surface area (Å²) in [5.41, 5.74) is -0.796. The number of rotatable bonds is 4. The third-order valence-corrected chi connectivity index (χ3v) is 9.98. The second-order valence-electron chi connectivity index (χ2n) is 12.8. The van der Waals surface area contributed by atoms with Crippen LogP contribution in [0.1, 0.15) is 49.5 Å². The van der Waals surface area contributed by atoms with E-state index in [0.29, 0.717) is 50.3 Å². The lowest BCUT2D eigenvalue weighted by atomic mass is 9.95. The topological polar surface area (TPSA) is 104 Å². The second kappa shape index (κ2) is 11.0. The fourth-order valence-corrected chi connectivity index (χ4v) is 7.93. The second-order valence-corrected chi connectivity index (χ2v) is 12.8. The minimum absolute atomic E-state index is 0.0514. The number of phenolic OH excluding ortho intramolecular Hbond substituents is 1. The van der Waals surface area contributed by atoms with E-state index in [2.05, 4.69) is 20.8 Å². The number of terminal acetylenes is 1. The quantitative estimate of drug-likeness (QED) is 0.308. The van der Waals surface area contributed by atoms with Crippen molar-refractivity contribution in [1.82, 2.24) is 19.9 Å². The third kappa shape index (κ3) is 4.55. The molecule has 4 atom stereocenters. The van der Waals surface area contributed by atoms with Crippen molar-refractivity contribution >= 4 is 27.5 Å². The Bertz CT molecular complexity index is 1940. The van der Waals surface area contributed by atoms with Crippen LogP contribution in [0, 0.1) is 24.0 Å². The van der Waals surface area contributed by atoms with Gasteiger partial charge in [-0.2, -0.15) is 9.97 Å². The zero-order valence-corrected chi connectivity index (χ0v) is 25.0. The number of aromatic hydroxyl groups is 1. The zero-order chi connectivity index (χ0) is 31.7. The van der Waals surface area contributed by atoms with Gasteiger partial charge >= 0.3 is 6.01 Å². The number of fused-ring (bicyclic) bond motifs is 4. The van der Waals surface area contributed by atoms with Gasteiger partial charge in [0.1, 0.15) is 41.4 Å². The van der Waals surface area contributed by atoms with Gasteiger partial charge in [-0.05, 0) is 49.4 Å². The van der Waals surface area contributed by atoms with Crippen LogP contribution in [0.4, 0.5) is 19.0 Å². The van der Waals surface area contributed by atoms with Gasteiger partial charge in [0.25, 0.3) is 0 Å². The van der Waals surface area contributed by atoms with Crippen LogP contribution in [0.5, 0.6) is 11.8 Å². The molecule has 238 valence electrons. The van der Waals surface area contributed by atoms with Crippen LogP contribution >= 0.6 is 0 Å². The summed E-state index contributed by atoms with van der Waals surface area (Å²) in [4.78, 5) is 18.1. The molecule has 0 radical (unpaired) electrons. The SMILES string of the molecule is C#Cc1c(F)ccc2cc(O)cc(-c3nc4c5c(nc(OC[C@@]67CCCN6C[C@H](F)C7)nc5c3F)N3CCCOCC3C[C@H]4O)c12. The van der Waals surface area contributed by atoms with E-state index in [-0.39, 0.29) is 69.6 Å². The van der Waals surface area contributed by atoms with Crippen molar-refractivity contribution in [3.05, 3.63) is 47.2 Å². The maximum Gasteiger partial charge on any atom is 0.319 e. The van der Waals surface area contributed by atoms with Crippen molar-refractivity contribution in [3.8, 4) is 35.4 Å². The molecule has 9 nitrogen and oxygen atoms in total. The highest BCUT2D eigenvalue weighted by molar-refractivity contribution is 6.03. The highest BCUT2D eigenvalue weighted by Crippen LogP contribution is 2.45. The van der Waals surface area contributed by atoms with Gasteiger partial charge in [0.2, 0.25) is 0 Å². The minimum Gasteiger partial charge on any atom is -0.508 e. The van der Waals surface area contributed by atoms with Gasteiger partial charge in [-0.1, -0.05) is 12.0 Å². The van der Waals surface area contributed by atoms with E-state index < -0.39 is 29.4 Å². The molecular weight excluding hydrogens is 599 g/mol. The van der Waals surface area contributed by atoms with Crippen LogP contribution in [0.2, 0.25) is 0 Å². The maximum absolute atomic E-state index is 17.0. The molecule has 4 aliphatic rings. The number of alkyl halides is 1. The summed E-state index contributed by atoms with van der Waals surface area (Å²) in [5, 5.41) is 23.0. The van der Waals surface area contributed by atoms with Crippen LogP contribution < -0.4 is 9.64 Å². The molecule has 3 fully saturated rings. The van der Waals surface area contributed by atoms with E-state index in [4.69, 9.17) is 20.9 Å². The number of pyridine rings is 1. The summed E-state index contributed by atoms with van der Waals surface area (Å²) < 4.78 is 58.5. The van der Waals surface area contributed by atoms with Gasteiger partial charge < -0.3 is 24.6 Å². The Morgan fingerprint density at radius 1 is 1.13 bits per heavy atom. The number of benzene rings is 2. The van der Waals surface area contributed by atoms with Crippen molar-refractivity contribution in [2.75, 3.05) is 44.4 Å². The average molecular weight is 632 g/mol. The molecule has 1 unspecified atom stereocenters. The number of anilines is 1. The molecule has 8 rings (SSSR count). The molecule has 46 heavy (non-hydrogen) atoms. The molecule has 0 bridgehead atoms. The maximum atomic E-state index is 17.0. The van der Waals surface area contributed by atoms with Gasteiger partial charge in [0, 0.05) is 43.5 Å². The van der Waals surface area contributed by atoms with Gasteiger partial charge in [-0.15, -0.1) is 6.42 Å². The number of ether oxygens (including phenoxy) is 2. The number of phenols is 1. The molecule has 2 aromatic heterocycles. The molecule has 4 aromatic rings. The Kier molecular flexibility index (Phi) is 6.97. The number of hydrogen-bond acceptors (Lipinski definition) is 9. The molecule has 0 aliphatic carbocycles. The fraction of sp³-hybridized carbons (Fsp3) is 0.441. The Morgan fingerprint density at radius 3 is 2.85 bits per heavy atom. The number of nitrogens with zero attached hydrogens (tertiary/aromatic N) is 5. The highest BCUT2D eigenvalue weighted by Gasteiger charge is 2.49. The monoisotopic (exact) mass is 631 g/mol. The van der Waals surface area contributed by atoms with Crippen molar-refractivity contribution in [1.29, 1.82) is 0 Å². The average Bonchev–Trinajstić information content (AvgIpc) is 3.42. The van der Waals surface area contributed by atoms with Crippen molar-refractivity contribution in [3.63, 3.8) is 0 Å². The smallest absolute Gasteiger partial charge is 0.319 e. The number of halogens is 3. The number of aliphatic hydroxyl groups excluding tert-OH is 1. The Hall–Kier alpha value is -4.18. The van der Waals surface area contributed by atoms with Gasteiger partial charge in [0.05, 0.1) is 40.9 Å². The largest absolute Gasteiger partial charge is 0.508 e. The summed E-state index contributed by atoms with van der Waals surface area (Å²) in [6.07, 6.45) is 6.56. The lowest BCUT2D eigenvalue weighted by Gasteiger charge is -2.31. The standard InChI is InChI=1S/C34H32F3N5O4/c1-2-22-24(36)6-5-18-11-21(43)13-23(26(18)22)29-28(37)31-27-30(38-29)25(44)12-20-16-45-10-4-9-42(20)32(27)40-33(39-31)46-17-34-7-3-8-41(34)15-19(35)14-34/h1,5-6,11,13,19-20,25,43-44H,3-4,7-10,12,14-17H2/t19-,20?,25-,34+/m1/s1. The Balaban J connectivity index is 1.35. The predicted molar refractivity (Wildman–Crippen MR) is 164 cm³/mol. The first-order chi connectivity index (χ1) is 22.3. The van der Waals surface area contributed by atoms with E-state index in [9.17, 15) is 19.0 Å². The van der Waals surface area contributed by atoms with Gasteiger partial charge in [-0.25, -0.2) is 18.2 Å². The highest BCUT2D eigenvalue weighted by atomic mass is 19.1. The van der Waals surface area contributed by atoms with Crippen LogP contribution in [0.3, 0.4) is 0 Å². The molecule has 3 saturated heterocycles. The molecular formula is C34H32F3N5O4. The van der Waals surface area contributed by atoms with Crippen LogP contribution in [-0.2, 0) is 4.74 Å². The lowest BCUT2D eigenvalue weighted by Crippen LogP contribution is -2.43. The first kappa shape index (κ1) is 29.2. The first-order valence-corrected chi connectivity index (χ1v) is 15.6. The molecule has 12 heteroatoms. The molecule has 2 aromatic carbocycles. The first-order valence-electron chi connectivity index (χ1n) is 15.6. The molecule has 0 saturated carbocycles. The normalized spacial score (nSPS) is 26.1. The fourth-order valence-electron chi connectivity index (χ4n) is 7.93. The van der Waals surface area contributed by atoms with E-state index in [1.165, 1.54) is 24.3 Å². The van der Waals surface area contributed by atoms with Crippen LogP contribution in [-0.4, -0.2) is 87.3 Å².